The van der Waals surface area contributed by atoms with Gasteiger partial charge in [-0.15, -0.1) is 0 Å². The lowest BCUT2D eigenvalue weighted by molar-refractivity contribution is 0.375. The van der Waals surface area contributed by atoms with Gasteiger partial charge in [-0.2, -0.15) is 14.6 Å². The van der Waals surface area contributed by atoms with Gasteiger partial charge in [-0.05, 0) is 24.6 Å². The van der Waals surface area contributed by atoms with E-state index in [9.17, 15) is 8.42 Å². The van der Waals surface area contributed by atoms with Crippen molar-refractivity contribution in [2.45, 2.75) is 19.4 Å². The van der Waals surface area contributed by atoms with Crippen molar-refractivity contribution >= 4 is 15.7 Å². The van der Waals surface area contributed by atoms with Crippen LogP contribution in [0.3, 0.4) is 0 Å². The average molecular weight is 457 g/mol. The highest BCUT2D eigenvalue weighted by Crippen LogP contribution is 2.37. The van der Waals surface area contributed by atoms with E-state index in [1.165, 1.54) is 10.7 Å². The second-order valence-corrected chi connectivity index (χ2v) is 10.1. The molecule has 1 aliphatic rings. The lowest BCUT2D eigenvalue weighted by atomic mass is 9.97. The molecule has 0 radical (unpaired) electrons. The van der Waals surface area contributed by atoms with Crippen molar-refractivity contribution in [3.8, 4) is 16.9 Å². The maximum absolute atomic E-state index is 12.6. The van der Waals surface area contributed by atoms with Crippen LogP contribution in [0.2, 0.25) is 0 Å². The summed E-state index contributed by atoms with van der Waals surface area (Å²) in [6.45, 7) is 2.01. The molecule has 0 unspecified atom stereocenters. The van der Waals surface area contributed by atoms with Gasteiger partial charge >= 0.3 is 0 Å². The quantitative estimate of drug-likeness (QED) is 0.426. The maximum atomic E-state index is 12.6. The minimum absolute atomic E-state index is 0.390. The van der Waals surface area contributed by atoms with Crippen molar-refractivity contribution in [1.29, 1.82) is 0 Å². The summed E-state index contributed by atoms with van der Waals surface area (Å²) >= 11 is 0. The molecule has 0 amide bonds. The van der Waals surface area contributed by atoms with Gasteiger partial charge in [0.15, 0.2) is 0 Å². The number of hydrazone groups is 1. The minimum Gasteiger partial charge on any atom is -0.240 e. The Morgan fingerprint density at radius 2 is 1.52 bits per heavy atom. The van der Waals surface area contributed by atoms with E-state index in [2.05, 4.69) is 5.10 Å². The maximum Gasteiger partial charge on any atom is 0.247 e. The molecule has 33 heavy (non-hydrogen) atoms. The van der Waals surface area contributed by atoms with Crippen LogP contribution in [0.1, 0.15) is 29.2 Å². The molecule has 0 N–H and O–H groups in total. The first-order chi connectivity index (χ1) is 15.9. The molecule has 1 atom stereocenters. The number of benzene rings is 3. The smallest absolute Gasteiger partial charge is 0.240 e. The highest BCUT2D eigenvalue weighted by atomic mass is 32.2. The zero-order valence-electron chi connectivity index (χ0n) is 18.5. The normalized spacial score (nSPS) is 16.1. The summed E-state index contributed by atoms with van der Waals surface area (Å²) in [7, 11) is -3.56. The van der Waals surface area contributed by atoms with Gasteiger partial charge in [0, 0.05) is 23.7 Å². The molecule has 1 aliphatic heterocycles. The number of hydrogen-bond acceptors (Lipinski definition) is 4. The Morgan fingerprint density at radius 1 is 0.879 bits per heavy atom. The van der Waals surface area contributed by atoms with Crippen molar-refractivity contribution < 1.29 is 8.42 Å². The summed E-state index contributed by atoms with van der Waals surface area (Å²) in [5.41, 5.74) is 6.22. The van der Waals surface area contributed by atoms with Crippen LogP contribution in [0.4, 0.5) is 0 Å². The fraction of sp³-hybridized carbons (Fsp3) is 0.154. The Hall–Kier alpha value is -3.71. The molecular weight excluding hydrogens is 432 g/mol. The molecular formula is C26H24N4O2S. The van der Waals surface area contributed by atoms with Crippen LogP contribution in [0.5, 0.6) is 0 Å². The average Bonchev–Trinajstić information content (AvgIpc) is 3.46. The summed E-state index contributed by atoms with van der Waals surface area (Å²) < 4.78 is 28.3. The van der Waals surface area contributed by atoms with Gasteiger partial charge in [0.1, 0.15) is 5.69 Å². The standard InChI is InChI=1S/C26H24N4O2S/c1-19-13-15-20(16-14-19)25-17-24(27-30(25)33(2,31)32)23-18-29(22-11-7-4-8-12-22)28-26(23)21-9-5-3-6-10-21/h3-16,18,25H,17H2,1-2H3/t25-/m1/s1. The van der Waals surface area contributed by atoms with Gasteiger partial charge in [-0.1, -0.05) is 78.4 Å². The first-order valence-electron chi connectivity index (χ1n) is 10.7. The Kier molecular flexibility index (Phi) is 5.34. The Morgan fingerprint density at radius 3 is 2.15 bits per heavy atom. The summed E-state index contributed by atoms with van der Waals surface area (Å²) in [5.74, 6) is 0. The van der Waals surface area contributed by atoms with Gasteiger partial charge in [-0.3, -0.25) is 0 Å². The first-order valence-corrected chi connectivity index (χ1v) is 12.6. The molecule has 2 heterocycles. The summed E-state index contributed by atoms with van der Waals surface area (Å²) in [6.07, 6.45) is 3.61. The number of aromatic nitrogens is 2. The Labute approximate surface area is 193 Å². The van der Waals surface area contributed by atoms with E-state index in [0.717, 1.165) is 33.6 Å². The van der Waals surface area contributed by atoms with Gasteiger partial charge < -0.3 is 0 Å². The number of sulfonamides is 1. The van der Waals surface area contributed by atoms with Crippen LogP contribution < -0.4 is 0 Å². The summed E-state index contributed by atoms with van der Waals surface area (Å²) in [5, 5.41) is 9.47. The second-order valence-electron chi connectivity index (χ2n) is 8.25. The van der Waals surface area contributed by atoms with Crippen LogP contribution in [-0.2, 0) is 10.0 Å². The fourth-order valence-corrected chi connectivity index (χ4v) is 5.01. The van der Waals surface area contributed by atoms with Crippen LogP contribution in [0, 0.1) is 6.92 Å². The van der Waals surface area contributed by atoms with E-state index < -0.39 is 10.0 Å². The van der Waals surface area contributed by atoms with E-state index in [0.29, 0.717) is 12.1 Å². The predicted octanol–water partition coefficient (Wildman–Crippen LogP) is 4.96. The van der Waals surface area contributed by atoms with E-state index >= 15 is 0 Å². The molecule has 6 nitrogen and oxygen atoms in total. The van der Waals surface area contributed by atoms with Crippen LogP contribution in [0.15, 0.2) is 96.2 Å². The molecule has 0 bridgehead atoms. The van der Waals surface area contributed by atoms with Crippen molar-refractivity contribution in [3.63, 3.8) is 0 Å². The number of rotatable bonds is 5. The minimum atomic E-state index is -3.56. The number of aryl methyl sites for hydroxylation is 1. The number of nitrogens with zero attached hydrogens (tertiary/aromatic N) is 4. The lowest BCUT2D eigenvalue weighted by Crippen LogP contribution is -2.25. The highest BCUT2D eigenvalue weighted by Gasteiger charge is 2.36. The van der Waals surface area contributed by atoms with E-state index in [-0.39, 0.29) is 6.04 Å². The third-order valence-corrected chi connectivity index (χ3v) is 6.78. The molecule has 4 aromatic rings. The van der Waals surface area contributed by atoms with Crippen molar-refractivity contribution in [1.82, 2.24) is 14.2 Å². The van der Waals surface area contributed by atoms with Gasteiger partial charge in [0.05, 0.1) is 23.7 Å². The van der Waals surface area contributed by atoms with Gasteiger partial charge in [0.25, 0.3) is 0 Å². The molecule has 3 aromatic carbocycles. The summed E-state index contributed by atoms with van der Waals surface area (Å²) in [6, 6.07) is 27.3. The highest BCUT2D eigenvalue weighted by molar-refractivity contribution is 7.88. The van der Waals surface area contributed by atoms with Gasteiger partial charge in [-0.25, -0.2) is 13.1 Å². The number of para-hydroxylation sites is 1. The molecule has 0 aliphatic carbocycles. The van der Waals surface area contributed by atoms with Crippen LogP contribution in [-0.4, -0.2) is 34.6 Å². The van der Waals surface area contributed by atoms with E-state index in [1.54, 1.807) is 0 Å². The molecule has 5 rings (SSSR count). The van der Waals surface area contributed by atoms with Crippen LogP contribution >= 0.6 is 0 Å². The largest absolute Gasteiger partial charge is 0.247 e. The molecule has 0 spiro atoms. The third kappa shape index (κ3) is 4.19. The van der Waals surface area contributed by atoms with Crippen LogP contribution in [0.25, 0.3) is 16.9 Å². The zero-order valence-corrected chi connectivity index (χ0v) is 19.3. The Bertz CT molecular complexity index is 1410. The molecule has 0 fully saturated rings. The molecule has 166 valence electrons. The molecule has 0 saturated carbocycles. The topological polar surface area (TPSA) is 67.6 Å². The van der Waals surface area contributed by atoms with Crippen molar-refractivity contribution in [3.05, 3.63) is 108 Å². The second kappa shape index (κ2) is 8.33. The molecule has 0 saturated heterocycles. The van der Waals surface area contributed by atoms with Crippen molar-refractivity contribution in [2.75, 3.05) is 6.26 Å². The van der Waals surface area contributed by atoms with E-state index in [1.807, 2.05) is 103 Å². The van der Waals surface area contributed by atoms with E-state index in [4.69, 9.17) is 5.10 Å². The lowest BCUT2D eigenvalue weighted by Gasteiger charge is -2.21. The summed E-state index contributed by atoms with van der Waals surface area (Å²) in [4.78, 5) is 0. The SMILES string of the molecule is Cc1ccc([C@H]2CC(c3cn(-c4ccccc4)nc3-c3ccccc3)=NN2S(C)(=O)=O)cc1. The predicted molar refractivity (Wildman–Crippen MR) is 131 cm³/mol. The number of hydrogen-bond donors (Lipinski definition) is 0. The first kappa shape index (κ1) is 21.2. The monoisotopic (exact) mass is 456 g/mol. The molecule has 1 aromatic heterocycles. The third-order valence-electron chi connectivity index (χ3n) is 5.77. The zero-order chi connectivity index (χ0) is 23.0. The van der Waals surface area contributed by atoms with Crippen molar-refractivity contribution in [2.24, 2.45) is 5.10 Å². The fourth-order valence-electron chi connectivity index (χ4n) is 4.10. The van der Waals surface area contributed by atoms with Gasteiger partial charge in [0.2, 0.25) is 10.0 Å². The molecule has 7 heteroatoms. The Balaban J connectivity index is 1.63.